The monoisotopic (exact) mass is 276 g/mol. The molecule has 0 aromatic carbocycles. The molecule has 3 rings (SSSR count). The zero-order chi connectivity index (χ0) is 13.1. The molecule has 1 fully saturated rings. The van der Waals surface area contributed by atoms with Crippen molar-refractivity contribution in [2.24, 2.45) is 0 Å². The zero-order valence-electron chi connectivity index (χ0n) is 10.6. The van der Waals surface area contributed by atoms with Crippen LogP contribution in [-0.4, -0.2) is 32.3 Å². The molecule has 1 atom stereocenters. The predicted molar refractivity (Wildman–Crippen MR) is 72.7 cm³/mol. The average molecular weight is 276 g/mol. The standard InChI is InChI=1S/C13H16N4OS/c18-12(9-11-14-4-5-15-11)17-7-2-1-3-10(17)13-16-6-8-19-13/h4-6,8,10H,1-3,7,9H2,(H,14,15). The van der Waals surface area contributed by atoms with Crippen LogP contribution in [0.1, 0.15) is 36.1 Å². The maximum absolute atomic E-state index is 12.4. The van der Waals surface area contributed by atoms with Gasteiger partial charge in [0.1, 0.15) is 10.8 Å². The normalized spacial score (nSPS) is 19.6. The summed E-state index contributed by atoms with van der Waals surface area (Å²) >= 11 is 1.63. The first kappa shape index (κ1) is 12.3. The number of likely N-dealkylation sites (tertiary alicyclic amines) is 1. The number of carbonyl (C=O) groups excluding carboxylic acids is 1. The third-order valence-corrected chi connectivity index (χ3v) is 4.31. The topological polar surface area (TPSA) is 61.9 Å². The summed E-state index contributed by atoms with van der Waals surface area (Å²) in [5.74, 6) is 0.864. The van der Waals surface area contributed by atoms with Crippen LogP contribution in [0.15, 0.2) is 24.0 Å². The molecule has 1 unspecified atom stereocenters. The highest BCUT2D eigenvalue weighted by atomic mass is 32.1. The van der Waals surface area contributed by atoms with Gasteiger partial charge in [0.05, 0.1) is 12.5 Å². The Morgan fingerprint density at radius 1 is 1.42 bits per heavy atom. The van der Waals surface area contributed by atoms with Gasteiger partial charge in [0.25, 0.3) is 0 Å². The Kier molecular flexibility index (Phi) is 3.59. The predicted octanol–water partition coefficient (Wildman–Crippen LogP) is 2.16. The SMILES string of the molecule is O=C(Cc1ncc[nH]1)N1CCCCC1c1nccs1. The van der Waals surface area contributed by atoms with Gasteiger partial charge < -0.3 is 9.88 Å². The molecule has 0 aliphatic carbocycles. The van der Waals surface area contributed by atoms with Crippen LogP contribution in [0.3, 0.4) is 0 Å². The highest BCUT2D eigenvalue weighted by Gasteiger charge is 2.29. The number of hydrogen-bond donors (Lipinski definition) is 1. The van der Waals surface area contributed by atoms with Crippen molar-refractivity contribution in [3.05, 3.63) is 34.8 Å². The van der Waals surface area contributed by atoms with Crippen molar-refractivity contribution in [2.45, 2.75) is 31.7 Å². The number of aromatic amines is 1. The van der Waals surface area contributed by atoms with Gasteiger partial charge in [0.2, 0.25) is 5.91 Å². The number of carbonyl (C=O) groups is 1. The molecule has 6 heteroatoms. The van der Waals surface area contributed by atoms with E-state index in [1.54, 1.807) is 23.7 Å². The number of rotatable bonds is 3. The van der Waals surface area contributed by atoms with Gasteiger partial charge in [-0.15, -0.1) is 11.3 Å². The Morgan fingerprint density at radius 3 is 3.11 bits per heavy atom. The minimum Gasteiger partial charge on any atom is -0.348 e. The van der Waals surface area contributed by atoms with Gasteiger partial charge in [-0.05, 0) is 19.3 Å². The molecule has 0 bridgehead atoms. The molecule has 19 heavy (non-hydrogen) atoms. The number of hydrogen-bond acceptors (Lipinski definition) is 4. The van der Waals surface area contributed by atoms with Gasteiger partial charge >= 0.3 is 0 Å². The fourth-order valence-corrected chi connectivity index (χ4v) is 3.31. The number of nitrogens with zero attached hydrogens (tertiary/aromatic N) is 3. The molecule has 5 nitrogen and oxygen atoms in total. The Labute approximate surface area is 115 Å². The van der Waals surface area contributed by atoms with E-state index < -0.39 is 0 Å². The van der Waals surface area contributed by atoms with E-state index in [0.717, 1.165) is 36.6 Å². The molecule has 1 aliphatic heterocycles. The molecule has 0 spiro atoms. The van der Waals surface area contributed by atoms with Crippen LogP contribution in [0.25, 0.3) is 0 Å². The molecule has 1 N–H and O–H groups in total. The Morgan fingerprint density at radius 2 is 2.37 bits per heavy atom. The number of H-pyrrole nitrogens is 1. The Hall–Kier alpha value is -1.69. The van der Waals surface area contributed by atoms with Gasteiger partial charge in [0.15, 0.2) is 0 Å². The lowest BCUT2D eigenvalue weighted by atomic mass is 10.0. The molecular weight excluding hydrogens is 260 g/mol. The van der Waals surface area contributed by atoms with Crippen LogP contribution >= 0.6 is 11.3 Å². The number of thiazole rings is 1. The molecule has 2 aromatic heterocycles. The van der Waals surface area contributed by atoms with E-state index in [1.165, 1.54) is 0 Å². The smallest absolute Gasteiger partial charge is 0.230 e. The summed E-state index contributed by atoms with van der Waals surface area (Å²) in [6.45, 7) is 0.823. The van der Waals surface area contributed by atoms with Crippen molar-refractivity contribution in [1.82, 2.24) is 19.9 Å². The van der Waals surface area contributed by atoms with Crippen LogP contribution in [0.4, 0.5) is 0 Å². The lowest BCUT2D eigenvalue weighted by Crippen LogP contribution is -2.39. The summed E-state index contributed by atoms with van der Waals surface area (Å²) in [6.07, 6.45) is 8.82. The summed E-state index contributed by atoms with van der Waals surface area (Å²) < 4.78 is 0. The van der Waals surface area contributed by atoms with E-state index in [0.29, 0.717) is 6.42 Å². The van der Waals surface area contributed by atoms with Crippen molar-refractivity contribution < 1.29 is 4.79 Å². The largest absolute Gasteiger partial charge is 0.348 e. The first-order valence-electron chi connectivity index (χ1n) is 6.51. The highest BCUT2D eigenvalue weighted by Crippen LogP contribution is 2.32. The van der Waals surface area contributed by atoms with Crippen molar-refractivity contribution in [2.75, 3.05) is 6.54 Å². The minimum atomic E-state index is 0.134. The summed E-state index contributed by atoms with van der Waals surface area (Å²) in [7, 11) is 0. The molecule has 2 aromatic rings. The fourth-order valence-electron chi connectivity index (χ4n) is 2.53. The summed E-state index contributed by atoms with van der Waals surface area (Å²) in [4.78, 5) is 25.9. The van der Waals surface area contributed by atoms with E-state index in [9.17, 15) is 4.79 Å². The molecule has 100 valence electrons. The summed E-state index contributed by atoms with van der Waals surface area (Å²) in [6, 6.07) is 0.149. The van der Waals surface area contributed by atoms with Gasteiger partial charge in [-0.2, -0.15) is 0 Å². The number of amides is 1. The second-order valence-corrected chi connectivity index (χ2v) is 5.61. The second-order valence-electron chi connectivity index (χ2n) is 4.68. The van der Waals surface area contributed by atoms with Crippen LogP contribution in [0.5, 0.6) is 0 Å². The van der Waals surface area contributed by atoms with Crippen molar-refractivity contribution in [1.29, 1.82) is 0 Å². The lowest BCUT2D eigenvalue weighted by molar-refractivity contribution is -0.134. The molecular formula is C13H16N4OS. The van der Waals surface area contributed by atoms with Crippen LogP contribution in [-0.2, 0) is 11.2 Å². The summed E-state index contributed by atoms with van der Waals surface area (Å²) in [5.41, 5.74) is 0. The highest BCUT2D eigenvalue weighted by molar-refractivity contribution is 7.09. The molecule has 0 saturated carbocycles. The summed E-state index contributed by atoms with van der Waals surface area (Å²) in [5, 5.41) is 3.02. The maximum Gasteiger partial charge on any atom is 0.230 e. The average Bonchev–Trinajstić information content (AvgIpc) is 3.11. The third kappa shape index (κ3) is 2.68. The van der Waals surface area contributed by atoms with E-state index in [-0.39, 0.29) is 11.9 Å². The first-order chi connectivity index (χ1) is 9.34. The molecule has 1 saturated heterocycles. The van der Waals surface area contributed by atoms with Crippen LogP contribution < -0.4 is 0 Å². The lowest BCUT2D eigenvalue weighted by Gasteiger charge is -2.34. The van der Waals surface area contributed by atoms with E-state index in [2.05, 4.69) is 15.0 Å². The van der Waals surface area contributed by atoms with E-state index in [4.69, 9.17) is 0 Å². The zero-order valence-corrected chi connectivity index (χ0v) is 11.4. The van der Waals surface area contributed by atoms with Gasteiger partial charge in [-0.1, -0.05) is 0 Å². The molecule has 3 heterocycles. The third-order valence-electron chi connectivity index (χ3n) is 3.43. The van der Waals surface area contributed by atoms with Crippen LogP contribution in [0.2, 0.25) is 0 Å². The van der Waals surface area contributed by atoms with Gasteiger partial charge in [-0.25, -0.2) is 9.97 Å². The van der Waals surface area contributed by atoms with E-state index >= 15 is 0 Å². The first-order valence-corrected chi connectivity index (χ1v) is 7.39. The van der Waals surface area contributed by atoms with Gasteiger partial charge in [-0.3, -0.25) is 4.79 Å². The van der Waals surface area contributed by atoms with Crippen molar-refractivity contribution in [3.8, 4) is 0 Å². The minimum absolute atomic E-state index is 0.134. The molecule has 0 radical (unpaired) electrons. The van der Waals surface area contributed by atoms with Gasteiger partial charge in [0, 0.05) is 30.5 Å². The fraction of sp³-hybridized carbons (Fsp3) is 0.462. The number of nitrogens with one attached hydrogen (secondary N) is 1. The quantitative estimate of drug-likeness (QED) is 0.934. The van der Waals surface area contributed by atoms with Crippen LogP contribution in [0, 0.1) is 0 Å². The van der Waals surface area contributed by atoms with Crippen molar-refractivity contribution >= 4 is 17.2 Å². The number of imidazole rings is 1. The molecule has 1 amide bonds. The van der Waals surface area contributed by atoms with Crippen molar-refractivity contribution in [3.63, 3.8) is 0 Å². The van der Waals surface area contributed by atoms with E-state index in [1.807, 2.05) is 16.5 Å². The number of piperidine rings is 1. The second kappa shape index (κ2) is 5.52. The molecule has 1 aliphatic rings. The Bertz CT molecular complexity index is 523. The Balaban J connectivity index is 1.75. The number of aromatic nitrogens is 3. The maximum atomic E-state index is 12.4.